The molecule has 208 valence electrons. The van der Waals surface area contributed by atoms with Gasteiger partial charge in [-0.05, 0) is 67.3 Å². The fourth-order valence-corrected chi connectivity index (χ4v) is 5.43. The van der Waals surface area contributed by atoms with E-state index in [-0.39, 0.29) is 48.0 Å². The van der Waals surface area contributed by atoms with Gasteiger partial charge in [0.15, 0.2) is 0 Å². The first-order valence-electron chi connectivity index (χ1n) is 13.9. The molecule has 2 bridgehead atoms. The fraction of sp³-hybridized carbons (Fsp3) is 0.500. The van der Waals surface area contributed by atoms with Crippen LogP contribution in [-0.2, 0) is 33.6 Å². The summed E-state index contributed by atoms with van der Waals surface area (Å²) in [6.07, 6.45) is 4.42. The van der Waals surface area contributed by atoms with E-state index in [0.29, 0.717) is 13.1 Å². The van der Waals surface area contributed by atoms with Gasteiger partial charge in [-0.2, -0.15) is 0 Å². The van der Waals surface area contributed by atoms with Crippen molar-refractivity contribution in [3.05, 3.63) is 59.2 Å². The number of hydrogen-bond acceptors (Lipinski definition) is 6. The van der Waals surface area contributed by atoms with Crippen LogP contribution in [0.25, 0.3) is 0 Å². The maximum Gasteiger partial charge on any atom is 0.243 e. The lowest BCUT2D eigenvalue weighted by Gasteiger charge is -2.30. The summed E-state index contributed by atoms with van der Waals surface area (Å²) in [5.74, 6) is 0.498. The van der Waals surface area contributed by atoms with E-state index in [4.69, 9.17) is 4.74 Å². The number of fused-ring (bicyclic) bond motifs is 1. The predicted molar refractivity (Wildman–Crippen MR) is 146 cm³/mol. The Morgan fingerprint density at radius 1 is 1.03 bits per heavy atom. The molecule has 4 atom stereocenters. The second-order valence-electron chi connectivity index (χ2n) is 11.0. The van der Waals surface area contributed by atoms with E-state index in [9.17, 15) is 19.5 Å². The Balaban J connectivity index is 1.38. The number of nitrogens with zero attached hydrogens (tertiary/aromatic N) is 1. The second kappa shape index (κ2) is 11.7. The maximum absolute atomic E-state index is 13.5. The summed E-state index contributed by atoms with van der Waals surface area (Å²) in [6, 6.07) is 10.8. The summed E-state index contributed by atoms with van der Waals surface area (Å²) in [5, 5.41) is 19.0. The van der Waals surface area contributed by atoms with Crippen molar-refractivity contribution in [2.24, 2.45) is 5.92 Å². The van der Waals surface area contributed by atoms with Crippen LogP contribution in [0.15, 0.2) is 42.5 Å². The van der Waals surface area contributed by atoms with Gasteiger partial charge in [0.2, 0.25) is 17.7 Å². The van der Waals surface area contributed by atoms with Crippen LogP contribution in [0.5, 0.6) is 11.5 Å². The molecule has 1 unspecified atom stereocenters. The SMILES string of the molecule is C[C@@H]1C(=O)N[C@H](Cc2ccc(O)cc2)C(=O)NCCCc2cccc3c2OC(CN[C@@H](C2CC2)C(=O)N1C)C3. The summed E-state index contributed by atoms with van der Waals surface area (Å²) in [4.78, 5) is 41.6. The maximum atomic E-state index is 13.5. The number of para-hydroxylation sites is 1. The third kappa shape index (κ3) is 6.36. The quantitative estimate of drug-likeness (QED) is 0.476. The van der Waals surface area contributed by atoms with Crippen LogP contribution in [0.1, 0.15) is 42.9 Å². The summed E-state index contributed by atoms with van der Waals surface area (Å²) < 4.78 is 6.34. The highest BCUT2D eigenvalue weighted by atomic mass is 16.5. The average molecular weight is 535 g/mol. The number of amides is 3. The number of carbonyl (C=O) groups excluding carboxylic acids is 3. The van der Waals surface area contributed by atoms with Gasteiger partial charge in [-0.3, -0.25) is 14.4 Å². The van der Waals surface area contributed by atoms with E-state index >= 15 is 0 Å². The average Bonchev–Trinajstić information content (AvgIpc) is 3.68. The molecule has 2 aliphatic heterocycles. The number of likely N-dealkylation sites (N-methyl/N-ethyl adjacent to an activating group) is 1. The molecule has 2 heterocycles. The number of aromatic hydroxyl groups is 1. The largest absolute Gasteiger partial charge is 0.508 e. The smallest absolute Gasteiger partial charge is 0.243 e. The molecule has 5 rings (SSSR count). The van der Waals surface area contributed by atoms with E-state index in [1.807, 2.05) is 6.07 Å². The molecule has 0 saturated heterocycles. The standard InChI is InChI=1S/C30H38N4O5/c1-18-28(36)33-25(15-19-8-12-23(35)13-9-19)29(37)31-14-4-7-21-5-3-6-22-16-24(39-27(21)22)17-32-26(20-10-11-20)30(38)34(18)2/h3,5-6,8-9,12-13,18,20,24-26,32,35H,4,7,10-11,14-17H2,1-2H3,(H,31,37)(H,33,36)/t18-,24?,25-,26+/m1/s1. The van der Waals surface area contributed by atoms with E-state index < -0.39 is 12.1 Å². The zero-order chi connectivity index (χ0) is 27.5. The van der Waals surface area contributed by atoms with Gasteiger partial charge in [0.25, 0.3) is 0 Å². The molecule has 3 amide bonds. The van der Waals surface area contributed by atoms with Gasteiger partial charge in [0.1, 0.15) is 29.7 Å². The van der Waals surface area contributed by atoms with E-state index in [1.54, 1.807) is 38.2 Å². The number of carbonyl (C=O) groups is 3. The van der Waals surface area contributed by atoms with Crippen molar-refractivity contribution >= 4 is 17.7 Å². The van der Waals surface area contributed by atoms with Crippen molar-refractivity contribution in [3.63, 3.8) is 0 Å². The first-order valence-corrected chi connectivity index (χ1v) is 13.9. The normalized spacial score (nSPS) is 26.7. The highest BCUT2D eigenvalue weighted by Gasteiger charge is 2.40. The van der Waals surface area contributed by atoms with Gasteiger partial charge in [0.05, 0.1) is 6.04 Å². The number of phenols is 1. The minimum atomic E-state index is -0.825. The molecule has 9 heteroatoms. The molecule has 0 spiro atoms. The van der Waals surface area contributed by atoms with Crippen molar-refractivity contribution in [1.82, 2.24) is 20.9 Å². The van der Waals surface area contributed by atoms with Crippen molar-refractivity contribution in [1.29, 1.82) is 0 Å². The Bertz CT molecular complexity index is 1210. The van der Waals surface area contributed by atoms with Crippen LogP contribution in [0.2, 0.25) is 0 Å². The molecule has 4 N–H and O–H groups in total. The molecule has 3 aliphatic rings. The molecule has 2 aromatic rings. The first-order chi connectivity index (χ1) is 18.8. The number of ether oxygens (including phenoxy) is 1. The minimum absolute atomic E-state index is 0.0551. The molecule has 2 aromatic carbocycles. The lowest BCUT2D eigenvalue weighted by Crippen LogP contribution is -2.57. The number of phenolic OH excluding ortho intramolecular Hbond substituents is 1. The fourth-order valence-electron chi connectivity index (χ4n) is 5.43. The molecule has 9 nitrogen and oxygen atoms in total. The number of hydrogen-bond donors (Lipinski definition) is 4. The second-order valence-corrected chi connectivity index (χ2v) is 11.0. The van der Waals surface area contributed by atoms with Crippen molar-refractivity contribution in [2.45, 2.75) is 69.7 Å². The van der Waals surface area contributed by atoms with Crippen LogP contribution in [0, 0.1) is 5.92 Å². The summed E-state index contributed by atoms with van der Waals surface area (Å²) in [5.41, 5.74) is 3.09. The van der Waals surface area contributed by atoms with Crippen LogP contribution in [-0.4, -0.2) is 72.1 Å². The Kier molecular flexibility index (Phi) is 8.07. The molecular formula is C30H38N4O5. The minimum Gasteiger partial charge on any atom is -0.508 e. The first kappa shape index (κ1) is 27.0. The number of nitrogens with one attached hydrogen (secondary N) is 3. The van der Waals surface area contributed by atoms with E-state index in [2.05, 4.69) is 28.1 Å². The molecule has 1 aliphatic carbocycles. The predicted octanol–water partition coefficient (Wildman–Crippen LogP) is 1.70. The number of rotatable bonds is 3. The molecule has 1 saturated carbocycles. The Labute approximate surface area is 229 Å². The number of benzene rings is 2. The molecule has 0 aromatic heterocycles. The highest BCUT2D eigenvalue weighted by molar-refractivity contribution is 5.93. The van der Waals surface area contributed by atoms with Gasteiger partial charge >= 0.3 is 0 Å². The lowest BCUT2D eigenvalue weighted by molar-refractivity contribution is -0.141. The Hall–Kier alpha value is -3.59. The monoisotopic (exact) mass is 534 g/mol. The van der Waals surface area contributed by atoms with Crippen LogP contribution in [0.4, 0.5) is 0 Å². The number of aryl methyl sites for hydroxylation is 1. The summed E-state index contributed by atoms with van der Waals surface area (Å²) >= 11 is 0. The van der Waals surface area contributed by atoms with Crippen LogP contribution >= 0.6 is 0 Å². The van der Waals surface area contributed by atoms with Gasteiger partial charge in [-0.1, -0.05) is 30.3 Å². The van der Waals surface area contributed by atoms with Gasteiger partial charge < -0.3 is 30.7 Å². The van der Waals surface area contributed by atoms with Crippen molar-refractivity contribution < 1.29 is 24.2 Å². The zero-order valence-electron chi connectivity index (χ0n) is 22.6. The van der Waals surface area contributed by atoms with E-state index in [0.717, 1.165) is 49.0 Å². The Morgan fingerprint density at radius 3 is 2.51 bits per heavy atom. The highest BCUT2D eigenvalue weighted by Crippen LogP contribution is 2.35. The summed E-state index contributed by atoms with van der Waals surface area (Å²) in [6.45, 7) is 2.69. The molecule has 39 heavy (non-hydrogen) atoms. The van der Waals surface area contributed by atoms with Crippen molar-refractivity contribution in [3.8, 4) is 11.5 Å². The van der Waals surface area contributed by atoms with Gasteiger partial charge in [-0.25, -0.2) is 0 Å². The van der Waals surface area contributed by atoms with E-state index in [1.165, 1.54) is 10.5 Å². The molecule has 0 radical (unpaired) electrons. The molecule has 1 fully saturated rings. The Morgan fingerprint density at radius 2 is 1.77 bits per heavy atom. The third-order valence-electron chi connectivity index (χ3n) is 8.07. The topological polar surface area (TPSA) is 120 Å². The summed E-state index contributed by atoms with van der Waals surface area (Å²) in [7, 11) is 1.64. The van der Waals surface area contributed by atoms with Crippen LogP contribution < -0.4 is 20.7 Å². The van der Waals surface area contributed by atoms with Gasteiger partial charge in [0, 0.05) is 33.0 Å². The van der Waals surface area contributed by atoms with Crippen LogP contribution in [0.3, 0.4) is 0 Å². The van der Waals surface area contributed by atoms with Crippen molar-refractivity contribution in [2.75, 3.05) is 20.1 Å². The third-order valence-corrected chi connectivity index (χ3v) is 8.07. The zero-order valence-corrected chi connectivity index (χ0v) is 22.6. The lowest BCUT2D eigenvalue weighted by atomic mass is 10.0. The van der Waals surface area contributed by atoms with Gasteiger partial charge in [-0.15, -0.1) is 0 Å². The molecular weight excluding hydrogens is 496 g/mol.